The number of hydrogen-bond donors (Lipinski definition) is 0. The van der Waals surface area contributed by atoms with Gasteiger partial charge in [-0.3, -0.25) is 9.59 Å². The summed E-state index contributed by atoms with van der Waals surface area (Å²) in [6, 6.07) is 10.7. The number of fused-ring (bicyclic) bond motifs is 1. The number of hydrogen-bond acceptors (Lipinski definition) is 6. The number of halogens is 1. The zero-order chi connectivity index (χ0) is 20.5. The Bertz CT molecular complexity index is 992. The van der Waals surface area contributed by atoms with Crippen LogP contribution in [0.5, 0.6) is 11.5 Å². The second-order valence-corrected chi connectivity index (χ2v) is 6.52. The van der Waals surface area contributed by atoms with Crippen molar-refractivity contribution in [2.75, 3.05) is 18.2 Å². The van der Waals surface area contributed by atoms with Crippen molar-refractivity contribution >= 4 is 23.4 Å². The monoisotopic (exact) mass is 399 g/mol. The molecule has 2 heterocycles. The number of amides is 2. The molecule has 0 saturated carbocycles. The van der Waals surface area contributed by atoms with Gasteiger partial charge in [-0.15, -0.1) is 5.10 Å². The van der Waals surface area contributed by atoms with Crippen molar-refractivity contribution in [2.45, 2.75) is 20.1 Å². The van der Waals surface area contributed by atoms with Gasteiger partial charge in [0.05, 0.1) is 6.54 Å². The highest BCUT2D eigenvalue weighted by Crippen LogP contribution is 2.33. The molecule has 0 N–H and O–H groups in total. The van der Waals surface area contributed by atoms with Crippen molar-refractivity contribution < 1.29 is 28.2 Å². The van der Waals surface area contributed by atoms with Crippen molar-refractivity contribution in [3.63, 3.8) is 0 Å². The maximum Gasteiger partial charge on any atom is 0.243 e. The largest absolute Gasteiger partial charge is 0.454 e. The average molecular weight is 399 g/mol. The van der Waals surface area contributed by atoms with E-state index in [2.05, 4.69) is 5.10 Å². The summed E-state index contributed by atoms with van der Waals surface area (Å²) in [6.45, 7) is 2.91. The van der Waals surface area contributed by atoms with Crippen molar-refractivity contribution in [3.8, 4) is 11.5 Å². The molecule has 0 fully saturated rings. The molecule has 0 radical (unpaired) electrons. The average Bonchev–Trinajstić information content (AvgIpc) is 3.33. The summed E-state index contributed by atoms with van der Waals surface area (Å²) < 4.78 is 29.8. The van der Waals surface area contributed by atoms with Gasteiger partial charge < -0.3 is 19.1 Å². The summed E-state index contributed by atoms with van der Waals surface area (Å²) in [4.78, 5) is 25.7. The zero-order valence-corrected chi connectivity index (χ0v) is 15.8. The van der Waals surface area contributed by atoms with Crippen LogP contribution in [-0.4, -0.2) is 42.3 Å². The third-order valence-corrected chi connectivity index (χ3v) is 4.52. The lowest BCUT2D eigenvalue weighted by molar-refractivity contribution is -0.135. The van der Waals surface area contributed by atoms with Crippen LogP contribution in [0.2, 0.25) is 0 Å². The third kappa shape index (κ3) is 3.71. The number of benzene rings is 2. The molecule has 29 heavy (non-hydrogen) atoms. The first-order valence-electron chi connectivity index (χ1n) is 8.91. The molecule has 2 amide bonds. The van der Waals surface area contributed by atoms with E-state index in [1.54, 1.807) is 18.2 Å². The fraction of sp³-hybridized carbons (Fsp3) is 0.250. The van der Waals surface area contributed by atoms with Crippen LogP contribution in [0.1, 0.15) is 19.4 Å². The van der Waals surface area contributed by atoms with E-state index in [-0.39, 0.29) is 31.0 Å². The van der Waals surface area contributed by atoms with Crippen LogP contribution < -0.4 is 14.4 Å². The Morgan fingerprint density at radius 3 is 2.55 bits per heavy atom. The lowest BCUT2D eigenvalue weighted by Gasteiger charge is -2.27. The van der Waals surface area contributed by atoms with Gasteiger partial charge in [0.15, 0.2) is 11.5 Å². The molecule has 0 aromatic heterocycles. The van der Waals surface area contributed by atoms with Crippen molar-refractivity contribution in [3.05, 3.63) is 53.8 Å². The van der Waals surface area contributed by atoms with Gasteiger partial charge in [0.25, 0.3) is 0 Å². The Morgan fingerprint density at radius 2 is 1.86 bits per heavy atom. The van der Waals surface area contributed by atoms with E-state index in [0.717, 1.165) is 0 Å². The molecular formula is C20H18FN3O5. The Morgan fingerprint density at radius 1 is 1.14 bits per heavy atom. The summed E-state index contributed by atoms with van der Waals surface area (Å²) in [5, 5.41) is 5.45. The number of hydrazone groups is 1. The van der Waals surface area contributed by atoms with E-state index in [9.17, 15) is 14.0 Å². The van der Waals surface area contributed by atoms with E-state index < -0.39 is 12.0 Å². The number of rotatable bonds is 4. The number of carbonyl (C=O) groups is 2. The van der Waals surface area contributed by atoms with Crippen molar-refractivity contribution in [1.29, 1.82) is 0 Å². The van der Waals surface area contributed by atoms with Gasteiger partial charge in [-0.2, -0.15) is 5.01 Å². The van der Waals surface area contributed by atoms with E-state index >= 15 is 0 Å². The maximum absolute atomic E-state index is 13.2. The van der Waals surface area contributed by atoms with Crippen LogP contribution in [-0.2, 0) is 14.3 Å². The molecule has 0 aliphatic carbocycles. The lowest BCUT2D eigenvalue weighted by Crippen LogP contribution is -2.44. The van der Waals surface area contributed by atoms with E-state index in [1.807, 2.05) is 0 Å². The minimum absolute atomic E-state index is 0.0259. The standard InChI is InChI=1S/C20H18FN3O5/c1-12(25)23(16-6-4-15(21)5-7-16)10-19-24(13(2)26)22-20(29-19)14-3-8-17-18(9-14)28-11-27-17/h3-9,19H,10-11H2,1-2H3. The molecule has 0 saturated heterocycles. The normalized spacial score (nSPS) is 17.0. The fourth-order valence-electron chi connectivity index (χ4n) is 3.10. The summed E-state index contributed by atoms with van der Waals surface area (Å²) in [5.41, 5.74) is 1.10. The number of nitrogens with zero attached hydrogens (tertiary/aromatic N) is 3. The van der Waals surface area contributed by atoms with Gasteiger partial charge in [-0.1, -0.05) is 0 Å². The third-order valence-electron chi connectivity index (χ3n) is 4.52. The molecule has 2 aliphatic heterocycles. The second kappa shape index (κ2) is 7.42. The minimum atomic E-state index is -0.832. The molecule has 1 unspecified atom stereocenters. The number of anilines is 1. The Labute approximate surface area is 166 Å². The van der Waals surface area contributed by atoms with Gasteiger partial charge >= 0.3 is 0 Å². The van der Waals surface area contributed by atoms with Crippen LogP contribution in [0.4, 0.5) is 10.1 Å². The first kappa shape index (κ1) is 18.7. The smallest absolute Gasteiger partial charge is 0.243 e. The van der Waals surface area contributed by atoms with Gasteiger partial charge in [0, 0.05) is 25.1 Å². The van der Waals surface area contributed by atoms with Crippen molar-refractivity contribution in [1.82, 2.24) is 5.01 Å². The molecule has 8 nitrogen and oxygen atoms in total. The quantitative estimate of drug-likeness (QED) is 0.789. The fourth-order valence-corrected chi connectivity index (χ4v) is 3.10. The van der Waals surface area contributed by atoms with Gasteiger partial charge in [-0.05, 0) is 42.5 Å². The topological polar surface area (TPSA) is 80.7 Å². The Kier molecular flexibility index (Phi) is 4.79. The predicted molar refractivity (Wildman–Crippen MR) is 101 cm³/mol. The molecule has 2 aliphatic rings. The molecule has 0 spiro atoms. The maximum atomic E-state index is 13.2. The summed E-state index contributed by atoms with van der Waals surface area (Å²) in [5.74, 6) is 0.377. The van der Waals surface area contributed by atoms with Crippen LogP contribution in [0.25, 0.3) is 0 Å². The van der Waals surface area contributed by atoms with E-state index in [0.29, 0.717) is 22.7 Å². The highest BCUT2D eigenvalue weighted by Gasteiger charge is 2.34. The number of ether oxygens (including phenoxy) is 3. The Balaban J connectivity index is 1.58. The first-order valence-corrected chi connectivity index (χ1v) is 8.91. The molecule has 4 rings (SSSR count). The molecule has 9 heteroatoms. The highest BCUT2D eigenvalue weighted by molar-refractivity contribution is 5.97. The van der Waals surface area contributed by atoms with Crippen LogP contribution in [0.15, 0.2) is 47.6 Å². The van der Waals surface area contributed by atoms with Crippen LogP contribution in [0.3, 0.4) is 0 Å². The van der Waals surface area contributed by atoms with E-state index in [1.165, 1.54) is 48.0 Å². The highest BCUT2D eigenvalue weighted by atomic mass is 19.1. The lowest BCUT2D eigenvalue weighted by atomic mass is 10.2. The first-order chi connectivity index (χ1) is 13.9. The zero-order valence-electron chi connectivity index (χ0n) is 15.8. The summed E-state index contributed by atoms with van der Waals surface area (Å²) >= 11 is 0. The second-order valence-electron chi connectivity index (χ2n) is 6.52. The Hall–Kier alpha value is -3.62. The van der Waals surface area contributed by atoms with Gasteiger partial charge in [0.1, 0.15) is 5.82 Å². The summed E-state index contributed by atoms with van der Waals surface area (Å²) in [6.07, 6.45) is -0.832. The molecule has 150 valence electrons. The molecule has 1 atom stereocenters. The summed E-state index contributed by atoms with van der Waals surface area (Å²) in [7, 11) is 0. The van der Waals surface area contributed by atoms with Gasteiger partial charge in [-0.25, -0.2) is 4.39 Å². The van der Waals surface area contributed by atoms with Gasteiger partial charge in [0.2, 0.25) is 30.7 Å². The SMILES string of the molecule is CC(=O)N(CC1OC(c2ccc3c(c2)OCO3)=NN1C(C)=O)c1ccc(F)cc1. The van der Waals surface area contributed by atoms with Crippen LogP contribution >= 0.6 is 0 Å². The molecular weight excluding hydrogens is 381 g/mol. The molecule has 0 bridgehead atoms. The van der Waals surface area contributed by atoms with E-state index in [4.69, 9.17) is 14.2 Å². The number of carbonyl (C=O) groups excluding carboxylic acids is 2. The molecule has 2 aromatic carbocycles. The predicted octanol–water partition coefficient (Wildman–Crippen LogP) is 2.47. The van der Waals surface area contributed by atoms with Crippen molar-refractivity contribution in [2.24, 2.45) is 5.10 Å². The minimum Gasteiger partial charge on any atom is -0.454 e. The van der Waals surface area contributed by atoms with Crippen LogP contribution in [0, 0.1) is 5.82 Å². The molecule has 2 aromatic rings.